The molecule has 3 N–H and O–H groups in total. The molecule has 0 saturated heterocycles. The molecule has 0 rings (SSSR count). The second kappa shape index (κ2) is 63.9. The van der Waals surface area contributed by atoms with Crippen molar-refractivity contribution in [3.8, 4) is 0 Å². The molecule has 6 nitrogen and oxygen atoms in total. The summed E-state index contributed by atoms with van der Waals surface area (Å²) in [6.07, 6.45) is 79.5. The second-order valence-corrected chi connectivity index (χ2v) is 23.2. The smallest absolute Gasteiger partial charge is 0.305 e. The third-order valence-corrected chi connectivity index (χ3v) is 15.8. The highest BCUT2D eigenvalue weighted by atomic mass is 16.5. The Labute approximate surface area is 462 Å². The van der Waals surface area contributed by atoms with Gasteiger partial charge in [0.2, 0.25) is 5.91 Å². The van der Waals surface area contributed by atoms with Gasteiger partial charge in [-0.3, -0.25) is 9.59 Å². The summed E-state index contributed by atoms with van der Waals surface area (Å²) in [6, 6.07) is -0.535. The molecule has 438 valence electrons. The Bertz CT molecular complexity index is 1150. The molecule has 0 aromatic heterocycles. The number of carbonyl (C=O) groups is 2. The first kappa shape index (κ1) is 72.3. The van der Waals surface area contributed by atoms with Gasteiger partial charge in [0.05, 0.1) is 25.4 Å². The van der Waals surface area contributed by atoms with Crippen molar-refractivity contribution in [2.24, 2.45) is 0 Å². The number of unbranched alkanes of at least 4 members (excludes halogenated alkanes) is 48. The summed E-state index contributed by atoms with van der Waals surface area (Å²) < 4.78 is 5.48. The lowest BCUT2D eigenvalue weighted by Gasteiger charge is -2.22. The minimum atomic E-state index is -0.658. The maximum Gasteiger partial charge on any atom is 0.305 e. The van der Waals surface area contributed by atoms with E-state index >= 15 is 0 Å². The van der Waals surface area contributed by atoms with E-state index in [1.165, 1.54) is 289 Å². The summed E-state index contributed by atoms with van der Waals surface area (Å²) >= 11 is 0. The molecule has 0 aliphatic rings. The predicted molar refractivity (Wildman–Crippen MR) is 324 cm³/mol. The first-order valence-electron chi connectivity index (χ1n) is 33.6. The molecule has 1 amide bonds. The molecular weight excluding hydrogens is 911 g/mol. The third-order valence-electron chi connectivity index (χ3n) is 15.8. The normalized spacial score (nSPS) is 12.6. The third kappa shape index (κ3) is 59.6. The van der Waals surface area contributed by atoms with Crippen molar-refractivity contribution in [1.82, 2.24) is 5.32 Å². The van der Waals surface area contributed by atoms with E-state index in [1.807, 2.05) is 0 Å². The molecule has 0 radical (unpaired) electrons. The van der Waals surface area contributed by atoms with Crippen LogP contribution in [-0.2, 0) is 14.3 Å². The fraction of sp³-hybridized carbons (Fsp3) is 0.912. The number of ether oxygens (including phenoxy) is 1. The number of allylic oxidation sites excluding steroid dienone is 4. The summed E-state index contributed by atoms with van der Waals surface area (Å²) in [4.78, 5) is 24.5. The Balaban J connectivity index is 3.29. The van der Waals surface area contributed by atoms with Crippen LogP contribution in [0.5, 0.6) is 0 Å². The highest BCUT2D eigenvalue weighted by Gasteiger charge is 2.20. The molecule has 6 heteroatoms. The fourth-order valence-electron chi connectivity index (χ4n) is 10.6. The van der Waals surface area contributed by atoms with E-state index in [0.717, 1.165) is 51.4 Å². The van der Waals surface area contributed by atoms with Crippen molar-refractivity contribution in [2.75, 3.05) is 13.2 Å². The van der Waals surface area contributed by atoms with Gasteiger partial charge in [-0.05, 0) is 51.4 Å². The van der Waals surface area contributed by atoms with Gasteiger partial charge in [0, 0.05) is 12.8 Å². The van der Waals surface area contributed by atoms with E-state index in [2.05, 4.69) is 43.5 Å². The van der Waals surface area contributed by atoms with Gasteiger partial charge in [-0.25, -0.2) is 0 Å². The first-order chi connectivity index (χ1) is 36.5. The molecule has 0 heterocycles. The molecule has 0 fully saturated rings. The van der Waals surface area contributed by atoms with Gasteiger partial charge >= 0.3 is 5.97 Å². The Morgan fingerprint density at radius 1 is 0.378 bits per heavy atom. The Hall–Kier alpha value is -1.66. The van der Waals surface area contributed by atoms with Crippen LogP contribution < -0.4 is 5.32 Å². The monoisotopic (exact) mass is 1040 g/mol. The van der Waals surface area contributed by atoms with Crippen LogP contribution in [0, 0.1) is 0 Å². The minimum absolute atomic E-state index is 0.00727. The molecule has 0 aliphatic carbocycles. The Morgan fingerprint density at radius 2 is 0.689 bits per heavy atom. The molecule has 0 aliphatic heterocycles. The van der Waals surface area contributed by atoms with E-state index in [0.29, 0.717) is 25.9 Å². The van der Waals surface area contributed by atoms with Crippen molar-refractivity contribution in [3.05, 3.63) is 24.3 Å². The molecule has 0 bridgehead atoms. The topological polar surface area (TPSA) is 95.9 Å². The Morgan fingerprint density at radius 3 is 1.07 bits per heavy atom. The molecule has 2 unspecified atom stereocenters. The predicted octanol–water partition coefficient (Wildman–Crippen LogP) is 21.4. The number of aliphatic hydroxyl groups excluding tert-OH is 2. The fourth-order valence-corrected chi connectivity index (χ4v) is 10.6. The van der Waals surface area contributed by atoms with Crippen LogP contribution in [0.15, 0.2) is 24.3 Å². The number of nitrogens with one attached hydrogen (secondary N) is 1. The zero-order chi connectivity index (χ0) is 53.6. The van der Waals surface area contributed by atoms with Gasteiger partial charge in [-0.15, -0.1) is 0 Å². The molecule has 0 spiro atoms. The van der Waals surface area contributed by atoms with E-state index < -0.39 is 12.1 Å². The summed E-state index contributed by atoms with van der Waals surface area (Å²) in [6.45, 7) is 4.92. The van der Waals surface area contributed by atoms with Gasteiger partial charge in [0.25, 0.3) is 0 Å². The molecule has 0 aromatic rings. The summed E-state index contributed by atoms with van der Waals surface area (Å²) in [7, 11) is 0. The summed E-state index contributed by atoms with van der Waals surface area (Å²) in [5.74, 6) is -0.0230. The van der Waals surface area contributed by atoms with Crippen LogP contribution in [0.4, 0.5) is 0 Å². The average molecular weight is 1040 g/mol. The summed E-state index contributed by atoms with van der Waals surface area (Å²) in [5.41, 5.74) is 0. The number of aliphatic hydroxyl groups is 2. The van der Waals surface area contributed by atoms with Crippen LogP contribution in [0.1, 0.15) is 373 Å². The SMILES string of the molecule is CCCC/C=C\C/C=C\CCCCCCCC(=O)OCCCCCCCCCCCCCCCCCCCCCCCCCCCCCCCCCCCC(=O)NC(CO)C(O)CCCCCCCCCCCC. The number of rotatable bonds is 63. The van der Waals surface area contributed by atoms with E-state index in [-0.39, 0.29) is 18.5 Å². The van der Waals surface area contributed by atoms with E-state index in [4.69, 9.17) is 4.74 Å². The quantitative estimate of drug-likeness (QED) is 0.0320. The number of hydrogen-bond donors (Lipinski definition) is 3. The lowest BCUT2D eigenvalue weighted by atomic mass is 10.0. The van der Waals surface area contributed by atoms with Gasteiger partial charge in [0.15, 0.2) is 0 Å². The van der Waals surface area contributed by atoms with E-state index in [1.54, 1.807) is 0 Å². The highest BCUT2D eigenvalue weighted by molar-refractivity contribution is 5.76. The van der Waals surface area contributed by atoms with Crippen LogP contribution in [0.25, 0.3) is 0 Å². The molecular formula is C68H131NO5. The van der Waals surface area contributed by atoms with Crippen molar-refractivity contribution in [1.29, 1.82) is 0 Å². The average Bonchev–Trinajstić information content (AvgIpc) is 3.40. The molecule has 2 atom stereocenters. The van der Waals surface area contributed by atoms with Gasteiger partial charge in [-0.1, -0.05) is 334 Å². The summed E-state index contributed by atoms with van der Waals surface area (Å²) in [5, 5.41) is 23.2. The minimum Gasteiger partial charge on any atom is -0.466 e. The van der Waals surface area contributed by atoms with Crippen molar-refractivity contribution >= 4 is 11.9 Å². The maximum atomic E-state index is 12.4. The number of esters is 1. The van der Waals surface area contributed by atoms with Crippen LogP contribution in [-0.4, -0.2) is 47.4 Å². The zero-order valence-corrected chi connectivity index (χ0v) is 50.1. The second-order valence-electron chi connectivity index (χ2n) is 23.2. The van der Waals surface area contributed by atoms with Crippen molar-refractivity contribution in [3.63, 3.8) is 0 Å². The lowest BCUT2D eigenvalue weighted by Crippen LogP contribution is -2.45. The van der Waals surface area contributed by atoms with Gasteiger partial charge < -0.3 is 20.3 Å². The molecule has 0 aromatic carbocycles. The van der Waals surface area contributed by atoms with Crippen LogP contribution in [0.3, 0.4) is 0 Å². The standard InChI is InChI=1S/C68H131NO5/c1-3-5-7-9-11-13-15-16-39-42-46-50-54-58-62-68(73)74-63-59-55-51-47-43-40-37-35-33-31-29-27-25-23-21-19-17-18-20-22-24-26-28-30-32-34-36-38-41-45-49-53-57-61-67(72)69-65(64-70)66(71)60-56-52-48-44-14-12-10-8-6-4-2/h9,11,15-16,65-66,70-71H,3-8,10,12-14,17-64H2,1-2H3,(H,69,72)/b11-9-,16-15-. The maximum absolute atomic E-state index is 12.4. The largest absolute Gasteiger partial charge is 0.466 e. The van der Waals surface area contributed by atoms with Crippen LogP contribution in [0.2, 0.25) is 0 Å². The van der Waals surface area contributed by atoms with Crippen molar-refractivity contribution < 1.29 is 24.5 Å². The molecule has 0 saturated carbocycles. The lowest BCUT2D eigenvalue weighted by molar-refractivity contribution is -0.143. The Kier molecular flexibility index (Phi) is 62.4. The number of amides is 1. The first-order valence-corrected chi connectivity index (χ1v) is 33.6. The molecule has 74 heavy (non-hydrogen) atoms. The van der Waals surface area contributed by atoms with E-state index in [9.17, 15) is 19.8 Å². The van der Waals surface area contributed by atoms with Gasteiger partial charge in [0.1, 0.15) is 0 Å². The highest BCUT2D eigenvalue weighted by Crippen LogP contribution is 2.19. The number of hydrogen-bond acceptors (Lipinski definition) is 5. The van der Waals surface area contributed by atoms with Gasteiger partial charge in [-0.2, -0.15) is 0 Å². The zero-order valence-electron chi connectivity index (χ0n) is 50.1. The number of carbonyl (C=O) groups excluding carboxylic acids is 2. The van der Waals surface area contributed by atoms with Crippen LogP contribution >= 0.6 is 0 Å². The van der Waals surface area contributed by atoms with Crippen molar-refractivity contribution in [2.45, 2.75) is 386 Å².